The number of rotatable bonds is 4. The minimum absolute atomic E-state index is 0.110. The molecular weight excluding hydrogens is 214 g/mol. The van der Waals surface area contributed by atoms with E-state index in [0.29, 0.717) is 0 Å². The summed E-state index contributed by atoms with van der Waals surface area (Å²) in [7, 11) is 0. The third kappa shape index (κ3) is 2.79. The first kappa shape index (κ1) is 11.7. The van der Waals surface area contributed by atoms with Crippen LogP contribution in [0.15, 0.2) is 23.1 Å². The molecule has 0 amide bonds. The van der Waals surface area contributed by atoms with E-state index in [4.69, 9.17) is 0 Å². The lowest BCUT2D eigenvalue weighted by molar-refractivity contribution is -0.385. The van der Waals surface area contributed by atoms with Gasteiger partial charge in [-0.1, -0.05) is 6.92 Å². The molecule has 0 atom stereocenters. The summed E-state index contributed by atoms with van der Waals surface area (Å²) in [6.45, 7) is 3.30. The highest BCUT2D eigenvalue weighted by molar-refractivity contribution is 7.99. The summed E-state index contributed by atoms with van der Waals surface area (Å²) in [5, 5.41) is 10.7. The van der Waals surface area contributed by atoms with E-state index in [0.717, 1.165) is 10.6 Å². The molecule has 0 spiro atoms. The van der Waals surface area contributed by atoms with Crippen LogP contribution in [0.4, 0.5) is 5.69 Å². The molecule has 15 heavy (non-hydrogen) atoms. The zero-order valence-corrected chi connectivity index (χ0v) is 9.34. The number of nitrogens with zero attached hydrogens (tertiary/aromatic N) is 1. The van der Waals surface area contributed by atoms with E-state index in [9.17, 15) is 14.9 Å². The number of benzene rings is 1. The highest BCUT2D eigenvalue weighted by Gasteiger charge is 2.17. The highest BCUT2D eigenvalue weighted by atomic mass is 32.2. The minimum Gasteiger partial charge on any atom is -0.294 e. The second-order valence-corrected chi connectivity index (χ2v) is 4.26. The quantitative estimate of drug-likeness (QED) is 0.342. The summed E-state index contributed by atoms with van der Waals surface area (Å²) in [6, 6.07) is 4.70. The van der Waals surface area contributed by atoms with Crippen LogP contribution in [0, 0.1) is 10.1 Å². The summed E-state index contributed by atoms with van der Waals surface area (Å²) in [5.74, 6) is 0.561. The van der Waals surface area contributed by atoms with Gasteiger partial charge in [-0.05, 0) is 24.8 Å². The minimum atomic E-state index is -0.517. The number of nitro benzene ring substituents is 1. The Balaban J connectivity index is 3.21. The average Bonchev–Trinajstić information content (AvgIpc) is 2.17. The van der Waals surface area contributed by atoms with E-state index in [2.05, 4.69) is 0 Å². The smallest absolute Gasteiger partial charge is 0.281 e. The number of carbonyl (C=O) groups excluding carboxylic acids is 1. The van der Waals surface area contributed by atoms with Crippen LogP contribution in [0.1, 0.15) is 24.2 Å². The Labute approximate surface area is 91.8 Å². The fourth-order valence-electron chi connectivity index (χ4n) is 1.22. The largest absolute Gasteiger partial charge is 0.294 e. The van der Waals surface area contributed by atoms with Crippen molar-refractivity contribution in [2.45, 2.75) is 18.7 Å². The van der Waals surface area contributed by atoms with Crippen molar-refractivity contribution in [2.75, 3.05) is 5.75 Å². The predicted octanol–water partition coefficient (Wildman–Crippen LogP) is 2.91. The Kier molecular flexibility index (Phi) is 3.85. The van der Waals surface area contributed by atoms with Crippen LogP contribution < -0.4 is 0 Å². The molecule has 0 aromatic heterocycles. The molecule has 0 aliphatic carbocycles. The third-order valence-corrected chi connectivity index (χ3v) is 2.73. The van der Waals surface area contributed by atoms with Crippen LogP contribution in [0.25, 0.3) is 0 Å². The van der Waals surface area contributed by atoms with E-state index in [1.54, 1.807) is 6.07 Å². The molecule has 0 N–H and O–H groups in total. The molecule has 0 unspecified atom stereocenters. The van der Waals surface area contributed by atoms with Crippen LogP contribution in [0.5, 0.6) is 0 Å². The third-order valence-electron chi connectivity index (χ3n) is 1.86. The monoisotopic (exact) mass is 225 g/mol. The van der Waals surface area contributed by atoms with Crippen LogP contribution in [-0.2, 0) is 0 Å². The standard InChI is InChI=1S/C10H11NO3S/c1-3-15-8-4-5-9(7(2)12)10(6-8)11(13)14/h4-6H,3H2,1-2H3. The number of hydrogen-bond acceptors (Lipinski definition) is 4. The van der Waals surface area contributed by atoms with Crippen LogP contribution in [0.2, 0.25) is 0 Å². The number of ketones is 1. The van der Waals surface area contributed by atoms with Gasteiger partial charge in [-0.3, -0.25) is 14.9 Å². The second kappa shape index (κ2) is 4.93. The Morgan fingerprint density at radius 2 is 2.20 bits per heavy atom. The Bertz CT molecular complexity index is 404. The number of Topliss-reactive ketones (excluding diaryl/α,β-unsaturated/α-hetero) is 1. The van der Waals surface area contributed by atoms with Gasteiger partial charge in [0.15, 0.2) is 5.78 Å². The molecule has 80 valence electrons. The lowest BCUT2D eigenvalue weighted by Crippen LogP contribution is -2.00. The fraction of sp³-hybridized carbons (Fsp3) is 0.300. The summed E-state index contributed by atoms with van der Waals surface area (Å²) in [6.07, 6.45) is 0. The molecule has 0 bridgehead atoms. The van der Waals surface area contributed by atoms with Crippen molar-refractivity contribution in [1.82, 2.24) is 0 Å². The van der Waals surface area contributed by atoms with Crippen molar-refractivity contribution in [3.8, 4) is 0 Å². The number of thioether (sulfide) groups is 1. The molecule has 5 heteroatoms. The Hall–Kier alpha value is -1.36. The maximum absolute atomic E-state index is 11.1. The molecular formula is C10H11NO3S. The number of nitro groups is 1. The molecule has 1 aromatic rings. The first-order valence-electron chi connectivity index (χ1n) is 4.48. The summed E-state index contributed by atoms with van der Waals surface area (Å²) >= 11 is 1.51. The van der Waals surface area contributed by atoms with Gasteiger partial charge in [0.2, 0.25) is 0 Å². The molecule has 0 saturated carbocycles. The molecule has 0 heterocycles. The second-order valence-electron chi connectivity index (χ2n) is 2.93. The topological polar surface area (TPSA) is 60.2 Å². The lowest BCUT2D eigenvalue weighted by atomic mass is 10.1. The molecule has 0 fully saturated rings. The molecule has 1 rings (SSSR count). The van der Waals surface area contributed by atoms with Gasteiger partial charge in [0.05, 0.1) is 10.5 Å². The predicted molar refractivity (Wildman–Crippen MR) is 59.5 cm³/mol. The maximum Gasteiger partial charge on any atom is 0.281 e. The van der Waals surface area contributed by atoms with Gasteiger partial charge in [0.25, 0.3) is 5.69 Å². The number of carbonyl (C=O) groups is 1. The summed E-state index contributed by atoms with van der Waals surface area (Å²) < 4.78 is 0. The van der Waals surface area contributed by atoms with Gasteiger partial charge in [-0.15, -0.1) is 11.8 Å². The summed E-state index contributed by atoms with van der Waals surface area (Å²) in [4.78, 5) is 22.2. The van der Waals surface area contributed by atoms with Crippen LogP contribution in [0.3, 0.4) is 0 Å². The molecule has 1 aromatic carbocycles. The zero-order chi connectivity index (χ0) is 11.4. The van der Waals surface area contributed by atoms with E-state index in [1.165, 1.54) is 30.8 Å². The molecule has 4 nitrogen and oxygen atoms in total. The van der Waals surface area contributed by atoms with Gasteiger partial charge in [0, 0.05) is 11.0 Å². The SMILES string of the molecule is CCSc1ccc(C(C)=O)c([N+](=O)[O-])c1. The van der Waals surface area contributed by atoms with Crippen molar-refractivity contribution in [3.05, 3.63) is 33.9 Å². The molecule has 0 aliphatic heterocycles. The molecule has 0 aliphatic rings. The Morgan fingerprint density at radius 3 is 2.67 bits per heavy atom. The van der Waals surface area contributed by atoms with Crippen molar-refractivity contribution in [2.24, 2.45) is 0 Å². The van der Waals surface area contributed by atoms with E-state index in [-0.39, 0.29) is 17.0 Å². The normalized spacial score (nSPS) is 10.0. The number of hydrogen-bond donors (Lipinski definition) is 0. The van der Waals surface area contributed by atoms with E-state index in [1.807, 2.05) is 6.92 Å². The maximum atomic E-state index is 11.1. The average molecular weight is 225 g/mol. The fourth-order valence-corrected chi connectivity index (χ4v) is 1.91. The van der Waals surface area contributed by atoms with Gasteiger partial charge in [-0.25, -0.2) is 0 Å². The summed E-state index contributed by atoms with van der Waals surface area (Å²) in [5.41, 5.74) is 0.0569. The molecule has 0 saturated heterocycles. The van der Waals surface area contributed by atoms with Crippen LogP contribution >= 0.6 is 11.8 Å². The van der Waals surface area contributed by atoms with Crippen molar-refractivity contribution < 1.29 is 9.72 Å². The van der Waals surface area contributed by atoms with E-state index >= 15 is 0 Å². The highest BCUT2D eigenvalue weighted by Crippen LogP contribution is 2.26. The van der Waals surface area contributed by atoms with Gasteiger partial charge in [-0.2, -0.15) is 0 Å². The van der Waals surface area contributed by atoms with Crippen molar-refractivity contribution >= 4 is 23.2 Å². The van der Waals surface area contributed by atoms with Crippen molar-refractivity contribution in [3.63, 3.8) is 0 Å². The first-order chi connectivity index (χ1) is 7.06. The first-order valence-corrected chi connectivity index (χ1v) is 5.47. The zero-order valence-electron chi connectivity index (χ0n) is 8.52. The van der Waals surface area contributed by atoms with Crippen LogP contribution in [-0.4, -0.2) is 16.5 Å². The van der Waals surface area contributed by atoms with Gasteiger partial charge in [0.1, 0.15) is 0 Å². The van der Waals surface area contributed by atoms with Crippen molar-refractivity contribution in [1.29, 1.82) is 0 Å². The Morgan fingerprint density at radius 1 is 1.53 bits per heavy atom. The van der Waals surface area contributed by atoms with Gasteiger partial charge < -0.3 is 0 Å². The molecule has 0 radical (unpaired) electrons. The van der Waals surface area contributed by atoms with E-state index < -0.39 is 4.92 Å². The lowest BCUT2D eigenvalue weighted by Gasteiger charge is -2.02. The van der Waals surface area contributed by atoms with Gasteiger partial charge >= 0.3 is 0 Å².